The van der Waals surface area contributed by atoms with E-state index in [0.29, 0.717) is 6.54 Å². The summed E-state index contributed by atoms with van der Waals surface area (Å²) in [5, 5.41) is 16.3. The highest BCUT2D eigenvalue weighted by Gasteiger charge is 2.16. The van der Waals surface area contributed by atoms with E-state index in [1.807, 2.05) is 24.3 Å². The summed E-state index contributed by atoms with van der Waals surface area (Å²) in [7, 11) is 0. The van der Waals surface area contributed by atoms with Crippen LogP contribution in [0.15, 0.2) is 41.2 Å². The van der Waals surface area contributed by atoms with Gasteiger partial charge in [-0.05, 0) is 30.5 Å². The molecule has 1 aromatic carbocycles. The van der Waals surface area contributed by atoms with Gasteiger partial charge in [0.15, 0.2) is 0 Å². The Balaban J connectivity index is 2.17. The molecule has 2 rings (SSSR count). The van der Waals surface area contributed by atoms with Gasteiger partial charge in [-0.25, -0.2) is 4.68 Å². The minimum absolute atomic E-state index is 0.148. The second kappa shape index (κ2) is 7.69. The molecule has 6 nitrogen and oxygen atoms in total. The first-order valence-electron chi connectivity index (χ1n) is 7.67. The molecule has 122 valence electrons. The third kappa shape index (κ3) is 4.04. The maximum Gasteiger partial charge on any atom is 0.272 e. The lowest BCUT2D eigenvalue weighted by Crippen LogP contribution is -2.33. The van der Waals surface area contributed by atoms with Crippen LogP contribution in [0.3, 0.4) is 0 Å². The molecule has 0 saturated heterocycles. The molecular formula is C17H21N3O3. The number of nitrogens with zero attached hydrogens (tertiary/aromatic N) is 2. The molecule has 2 aromatic rings. The second-order valence-electron chi connectivity index (χ2n) is 5.18. The number of aromatic nitrogens is 2. The largest absolute Gasteiger partial charge is 0.394 e. The van der Waals surface area contributed by atoms with Crippen molar-refractivity contribution in [3.8, 4) is 0 Å². The molecule has 0 aliphatic rings. The molecule has 0 saturated carbocycles. The molecular weight excluding hydrogens is 294 g/mol. The fraction of sp³-hybridized carbons (Fsp3) is 0.353. The van der Waals surface area contributed by atoms with Gasteiger partial charge in [-0.2, -0.15) is 5.10 Å². The van der Waals surface area contributed by atoms with Crippen LogP contribution in [-0.2, 0) is 13.0 Å². The highest BCUT2D eigenvalue weighted by Crippen LogP contribution is 2.14. The highest BCUT2D eigenvalue weighted by molar-refractivity contribution is 5.92. The molecule has 1 atom stereocenters. The zero-order valence-corrected chi connectivity index (χ0v) is 13.3. The molecule has 2 N–H and O–H groups in total. The second-order valence-corrected chi connectivity index (χ2v) is 5.18. The third-order valence-corrected chi connectivity index (χ3v) is 3.68. The van der Waals surface area contributed by atoms with E-state index in [2.05, 4.69) is 17.3 Å². The van der Waals surface area contributed by atoms with Crippen LogP contribution in [0.5, 0.6) is 0 Å². The van der Waals surface area contributed by atoms with Gasteiger partial charge in [0.1, 0.15) is 5.69 Å². The molecule has 1 heterocycles. The molecule has 0 spiro atoms. The number of carbonyl (C=O) groups is 1. The lowest BCUT2D eigenvalue weighted by atomic mass is 10.0. The zero-order chi connectivity index (χ0) is 16.8. The summed E-state index contributed by atoms with van der Waals surface area (Å²) in [5.41, 5.74) is 1.91. The van der Waals surface area contributed by atoms with Crippen molar-refractivity contribution < 1.29 is 9.90 Å². The van der Waals surface area contributed by atoms with E-state index >= 15 is 0 Å². The summed E-state index contributed by atoms with van der Waals surface area (Å²) >= 11 is 0. The minimum Gasteiger partial charge on any atom is -0.394 e. The van der Waals surface area contributed by atoms with Gasteiger partial charge in [0.25, 0.3) is 11.5 Å². The Labute approximate surface area is 134 Å². The molecule has 0 bridgehead atoms. The third-order valence-electron chi connectivity index (χ3n) is 3.68. The van der Waals surface area contributed by atoms with Crippen molar-refractivity contribution in [3.05, 3.63) is 63.6 Å². The van der Waals surface area contributed by atoms with Gasteiger partial charge in [0.2, 0.25) is 0 Å². The molecule has 1 amide bonds. The standard InChI is InChI=1S/C17H21N3O3/c1-3-12-5-7-13(8-6-12)15(11-21)18-17(23)14-9-10-16(22)20(4-2)19-14/h5-10,15,21H,3-4,11H2,1-2H3,(H,18,23). The number of benzene rings is 1. The van der Waals surface area contributed by atoms with Crippen molar-refractivity contribution in [2.45, 2.75) is 32.9 Å². The number of aliphatic hydroxyl groups excluding tert-OH is 1. The zero-order valence-electron chi connectivity index (χ0n) is 13.3. The number of nitrogens with one attached hydrogen (secondary N) is 1. The lowest BCUT2D eigenvalue weighted by Gasteiger charge is -2.17. The summed E-state index contributed by atoms with van der Waals surface area (Å²) in [5.74, 6) is -0.425. The van der Waals surface area contributed by atoms with Crippen LogP contribution in [0, 0.1) is 0 Å². The van der Waals surface area contributed by atoms with E-state index in [0.717, 1.165) is 12.0 Å². The van der Waals surface area contributed by atoms with Crippen LogP contribution in [0.25, 0.3) is 0 Å². The topological polar surface area (TPSA) is 84.2 Å². The fourth-order valence-corrected chi connectivity index (χ4v) is 2.25. The van der Waals surface area contributed by atoms with Crippen molar-refractivity contribution in [3.63, 3.8) is 0 Å². The molecule has 1 aromatic heterocycles. The van der Waals surface area contributed by atoms with Crippen molar-refractivity contribution >= 4 is 5.91 Å². The number of amides is 1. The first-order chi connectivity index (χ1) is 11.1. The molecule has 0 aliphatic heterocycles. The average Bonchev–Trinajstić information content (AvgIpc) is 2.60. The van der Waals surface area contributed by atoms with Crippen LogP contribution in [0.4, 0.5) is 0 Å². The Hall–Kier alpha value is -2.47. The first-order valence-corrected chi connectivity index (χ1v) is 7.67. The maximum absolute atomic E-state index is 12.3. The summed E-state index contributed by atoms with van der Waals surface area (Å²) in [4.78, 5) is 23.8. The number of hydrogen-bond donors (Lipinski definition) is 2. The van der Waals surface area contributed by atoms with Gasteiger partial charge in [-0.3, -0.25) is 9.59 Å². The van der Waals surface area contributed by atoms with Crippen molar-refractivity contribution in [2.75, 3.05) is 6.61 Å². The predicted molar refractivity (Wildman–Crippen MR) is 87.3 cm³/mol. The fourth-order valence-electron chi connectivity index (χ4n) is 2.25. The normalized spacial score (nSPS) is 12.0. The summed E-state index contributed by atoms with van der Waals surface area (Å²) in [6.45, 7) is 4.02. The smallest absolute Gasteiger partial charge is 0.272 e. The van der Waals surface area contributed by atoms with Gasteiger partial charge in [-0.15, -0.1) is 0 Å². The Kier molecular flexibility index (Phi) is 5.65. The number of rotatable bonds is 6. The molecule has 23 heavy (non-hydrogen) atoms. The van der Waals surface area contributed by atoms with Crippen LogP contribution in [0.1, 0.15) is 41.5 Å². The van der Waals surface area contributed by atoms with Gasteiger partial charge in [-0.1, -0.05) is 31.2 Å². The first kappa shape index (κ1) is 16.9. The Bertz CT molecular complexity index is 723. The monoisotopic (exact) mass is 315 g/mol. The Morgan fingerprint density at radius 2 is 1.91 bits per heavy atom. The number of aliphatic hydroxyl groups is 1. The van der Waals surface area contributed by atoms with Crippen LogP contribution in [0.2, 0.25) is 0 Å². The van der Waals surface area contributed by atoms with Crippen LogP contribution >= 0.6 is 0 Å². The Morgan fingerprint density at radius 1 is 1.22 bits per heavy atom. The van der Waals surface area contributed by atoms with E-state index in [9.17, 15) is 14.7 Å². The van der Waals surface area contributed by atoms with E-state index in [-0.39, 0.29) is 17.9 Å². The minimum atomic E-state index is -0.516. The number of hydrogen-bond acceptors (Lipinski definition) is 4. The van der Waals surface area contributed by atoms with E-state index in [1.165, 1.54) is 22.4 Å². The van der Waals surface area contributed by atoms with Crippen LogP contribution in [-0.4, -0.2) is 27.4 Å². The van der Waals surface area contributed by atoms with Gasteiger partial charge < -0.3 is 10.4 Å². The van der Waals surface area contributed by atoms with Gasteiger partial charge >= 0.3 is 0 Å². The van der Waals surface area contributed by atoms with Gasteiger partial charge in [0, 0.05) is 12.6 Å². The Morgan fingerprint density at radius 3 is 2.48 bits per heavy atom. The average molecular weight is 315 g/mol. The quantitative estimate of drug-likeness (QED) is 0.841. The predicted octanol–water partition coefficient (Wildman–Crippen LogP) is 1.29. The molecule has 0 aliphatic carbocycles. The van der Waals surface area contributed by atoms with Gasteiger partial charge in [0.05, 0.1) is 12.6 Å². The van der Waals surface area contributed by atoms with Crippen molar-refractivity contribution in [1.29, 1.82) is 0 Å². The van der Waals surface area contributed by atoms with Crippen molar-refractivity contribution in [1.82, 2.24) is 15.1 Å². The number of carbonyl (C=O) groups excluding carboxylic acids is 1. The SMILES string of the molecule is CCc1ccc(C(CO)NC(=O)c2ccc(=O)n(CC)n2)cc1. The van der Waals surface area contributed by atoms with E-state index < -0.39 is 11.9 Å². The molecule has 0 radical (unpaired) electrons. The maximum atomic E-state index is 12.3. The lowest BCUT2D eigenvalue weighted by molar-refractivity contribution is 0.0908. The number of aryl methyl sites for hydroxylation is 2. The van der Waals surface area contributed by atoms with Crippen molar-refractivity contribution in [2.24, 2.45) is 0 Å². The van der Waals surface area contributed by atoms with E-state index in [1.54, 1.807) is 6.92 Å². The highest BCUT2D eigenvalue weighted by atomic mass is 16.3. The van der Waals surface area contributed by atoms with Crippen LogP contribution < -0.4 is 10.9 Å². The molecule has 0 fully saturated rings. The molecule has 6 heteroatoms. The summed E-state index contributed by atoms with van der Waals surface area (Å²) in [6, 6.07) is 9.91. The summed E-state index contributed by atoms with van der Waals surface area (Å²) < 4.78 is 1.22. The van der Waals surface area contributed by atoms with E-state index in [4.69, 9.17) is 0 Å². The summed E-state index contributed by atoms with van der Waals surface area (Å²) in [6.07, 6.45) is 0.929. The molecule has 1 unspecified atom stereocenters.